The van der Waals surface area contributed by atoms with Gasteiger partial charge in [0.2, 0.25) is 0 Å². The maximum absolute atomic E-state index is 11.7. The summed E-state index contributed by atoms with van der Waals surface area (Å²) in [5, 5.41) is 3.18. The van der Waals surface area contributed by atoms with Gasteiger partial charge >= 0.3 is 5.97 Å². The second-order valence-electron chi connectivity index (χ2n) is 4.42. The zero-order chi connectivity index (χ0) is 15.9. The van der Waals surface area contributed by atoms with Crippen molar-refractivity contribution >= 4 is 35.2 Å². The first kappa shape index (κ1) is 15.9. The molecular weight excluding hydrogens is 306 g/mol. The number of hydrogen-bond acceptors (Lipinski definition) is 4. The van der Waals surface area contributed by atoms with E-state index in [1.807, 2.05) is 0 Å². The largest absolute Gasteiger partial charge is 0.465 e. The molecule has 0 saturated carbocycles. The molecule has 0 radical (unpaired) electrons. The van der Waals surface area contributed by atoms with E-state index in [9.17, 15) is 9.59 Å². The number of anilines is 1. The SMILES string of the molecule is Cc1c(Cl)cccc1NC(=O)COC(=O)C=Cc1ccco1. The van der Waals surface area contributed by atoms with Crippen molar-refractivity contribution in [3.05, 3.63) is 59.0 Å². The highest BCUT2D eigenvalue weighted by Gasteiger charge is 2.08. The molecule has 1 aromatic carbocycles. The van der Waals surface area contributed by atoms with Gasteiger partial charge in [0.1, 0.15) is 5.76 Å². The van der Waals surface area contributed by atoms with Crippen LogP contribution in [0.15, 0.2) is 47.1 Å². The highest BCUT2D eigenvalue weighted by molar-refractivity contribution is 6.31. The summed E-state index contributed by atoms with van der Waals surface area (Å²) in [5.74, 6) is -0.546. The third kappa shape index (κ3) is 4.49. The van der Waals surface area contributed by atoms with E-state index in [4.69, 9.17) is 20.8 Å². The second kappa shape index (κ2) is 7.47. The normalized spacial score (nSPS) is 10.6. The summed E-state index contributed by atoms with van der Waals surface area (Å²) >= 11 is 5.96. The number of rotatable bonds is 5. The number of amides is 1. The van der Waals surface area contributed by atoms with Crippen molar-refractivity contribution in [2.45, 2.75) is 6.92 Å². The summed E-state index contributed by atoms with van der Waals surface area (Å²) in [4.78, 5) is 23.2. The van der Waals surface area contributed by atoms with Gasteiger partial charge in [0.15, 0.2) is 6.61 Å². The molecule has 0 aliphatic heterocycles. The van der Waals surface area contributed by atoms with Crippen LogP contribution in [0.25, 0.3) is 6.08 Å². The maximum Gasteiger partial charge on any atom is 0.331 e. The Hall–Kier alpha value is -2.53. The zero-order valence-electron chi connectivity index (χ0n) is 11.8. The third-order valence-electron chi connectivity index (χ3n) is 2.81. The molecule has 114 valence electrons. The van der Waals surface area contributed by atoms with Crippen LogP contribution in [0.2, 0.25) is 5.02 Å². The fourth-order valence-corrected chi connectivity index (χ4v) is 1.82. The number of carbonyl (C=O) groups is 2. The predicted octanol–water partition coefficient (Wildman–Crippen LogP) is 3.44. The Labute approximate surface area is 132 Å². The molecule has 0 fully saturated rings. The van der Waals surface area contributed by atoms with Crippen LogP contribution in [-0.2, 0) is 14.3 Å². The topological polar surface area (TPSA) is 68.5 Å². The Morgan fingerprint density at radius 3 is 2.86 bits per heavy atom. The molecule has 6 heteroatoms. The van der Waals surface area contributed by atoms with Gasteiger partial charge in [-0.2, -0.15) is 0 Å². The summed E-state index contributed by atoms with van der Waals surface area (Å²) in [7, 11) is 0. The number of nitrogens with one attached hydrogen (secondary N) is 1. The zero-order valence-corrected chi connectivity index (χ0v) is 12.6. The molecule has 2 rings (SSSR count). The summed E-state index contributed by atoms with van der Waals surface area (Å²) in [6.45, 7) is 1.41. The highest BCUT2D eigenvalue weighted by atomic mass is 35.5. The van der Waals surface area contributed by atoms with Crippen LogP contribution in [0.5, 0.6) is 0 Å². The standard InChI is InChI=1S/C16H14ClNO4/c1-11-13(17)5-2-6-14(11)18-15(19)10-22-16(20)8-7-12-4-3-9-21-12/h2-9H,10H2,1H3,(H,18,19). The lowest BCUT2D eigenvalue weighted by Crippen LogP contribution is -2.20. The number of hydrogen-bond donors (Lipinski definition) is 1. The molecule has 1 heterocycles. The van der Waals surface area contributed by atoms with Gasteiger partial charge in [-0.1, -0.05) is 17.7 Å². The summed E-state index contributed by atoms with van der Waals surface area (Å²) in [5.41, 5.74) is 1.33. The minimum Gasteiger partial charge on any atom is -0.465 e. The van der Waals surface area contributed by atoms with E-state index in [0.717, 1.165) is 5.56 Å². The van der Waals surface area contributed by atoms with Crippen LogP contribution in [0.3, 0.4) is 0 Å². The minimum atomic E-state index is -0.630. The molecule has 2 aromatic rings. The lowest BCUT2D eigenvalue weighted by Gasteiger charge is -2.09. The molecular formula is C16H14ClNO4. The van der Waals surface area contributed by atoms with Crippen LogP contribution < -0.4 is 5.32 Å². The molecule has 22 heavy (non-hydrogen) atoms. The predicted molar refractivity (Wildman–Crippen MR) is 83.5 cm³/mol. The molecule has 1 N–H and O–H groups in total. The van der Waals surface area contributed by atoms with Crippen molar-refractivity contribution in [3.8, 4) is 0 Å². The Morgan fingerprint density at radius 1 is 1.32 bits per heavy atom. The first-order valence-electron chi connectivity index (χ1n) is 6.49. The summed E-state index contributed by atoms with van der Waals surface area (Å²) < 4.78 is 9.86. The summed E-state index contributed by atoms with van der Waals surface area (Å²) in [6.07, 6.45) is 4.14. The van der Waals surface area contributed by atoms with E-state index >= 15 is 0 Å². The van der Waals surface area contributed by atoms with Gasteiger partial charge in [0.05, 0.1) is 6.26 Å². The molecule has 0 atom stereocenters. The average Bonchev–Trinajstić information content (AvgIpc) is 3.01. The van der Waals surface area contributed by atoms with Gasteiger partial charge < -0.3 is 14.5 Å². The fraction of sp³-hybridized carbons (Fsp3) is 0.125. The molecule has 5 nitrogen and oxygen atoms in total. The third-order valence-corrected chi connectivity index (χ3v) is 3.22. The quantitative estimate of drug-likeness (QED) is 0.677. The second-order valence-corrected chi connectivity index (χ2v) is 4.82. The van der Waals surface area contributed by atoms with E-state index in [2.05, 4.69) is 5.32 Å². The first-order chi connectivity index (χ1) is 10.6. The van der Waals surface area contributed by atoms with Gasteiger partial charge in [-0.25, -0.2) is 4.79 Å². The minimum absolute atomic E-state index is 0.382. The van der Waals surface area contributed by atoms with Crippen molar-refractivity contribution in [2.75, 3.05) is 11.9 Å². The summed E-state index contributed by atoms with van der Waals surface area (Å²) in [6, 6.07) is 8.57. The van der Waals surface area contributed by atoms with Gasteiger partial charge in [0, 0.05) is 16.8 Å². The Kier molecular flexibility index (Phi) is 5.38. The van der Waals surface area contributed by atoms with E-state index < -0.39 is 11.9 Å². The number of halogens is 1. The average molecular weight is 320 g/mol. The van der Waals surface area contributed by atoms with Crippen LogP contribution in [0, 0.1) is 6.92 Å². The van der Waals surface area contributed by atoms with E-state index in [1.54, 1.807) is 37.3 Å². The number of furan rings is 1. The number of ether oxygens (including phenoxy) is 1. The lowest BCUT2D eigenvalue weighted by atomic mass is 10.2. The molecule has 0 bridgehead atoms. The molecule has 0 unspecified atom stereocenters. The van der Waals surface area contributed by atoms with Crippen molar-refractivity contribution in [3.63, 3.8) is 0 Å². The smallest absolute Gasteiger partial charge is 0.331 e. The lowest BCUT2D eigenvalue weighted by molar-refractivity contribution is -0.142. The Balaban J connectivity index is 1.82. The Morgan fingerprint density at radius 2 is 2.14 bits per heavy atom. The maximum atomic E-state index is 11.7. The highest BCUT2D eigenvalue weighted by Crippen LogP contribution is 2.22. The molecule has 0 aliphatic rings. The molecule has 0 aliphatic carbocycles. The fourth-order valence-electron chi connectivity index (χ4n) is 1.65. The van der Waals surface area contributed by atoms with Crippen LogP contribution in [0.4, 0.5) is 5.69 Å². The van der Waals surface area contributed by atoms with E-state index in [0.29, 0.717) is 16.5 Å². The van der Waals surface area contributed by atoms with Crippen molar-refractivity contribution in [1.29, 1.82) is 0 Å². The first-order valence-corrected chi connectivity index (χ1v) is 6.87. The monoisotopic (exact) mass is 319 g/mol. The molecule has 0 spiro atoms. The van der Waals surface area contributed by atoms with Crippen molar-refractivity contribution in [1.82, 2.24) is 0 Å². The van der Waals surface area contributed by atoms with Gasteiger partial charge in [0.25, 0.3) is 5.91 Å². The van der Waals surface area contributed by atoms with Crippen LogP contribution >= 0.6 is 11.6 Å². The Bertz CT molecular complexity index is 692. The van der Waals surface area contributed by atoms with E-state index in [1.165, 1.54) is 18.4 Å². The molecule has 1 aromatic heterocycles. The van der Waals surface area contributed by atoms with Gasteiger partial charge in [-0.05, 0) is 42.8 Å². The van der Waals surface area contributed by atoms with Gasteiger partial charge in [-0.15, -0.1) is 0 Å². The number of carbonyl (C=O) groups excluding carboxylic acids is 2. The molecule has 0 saturated heterocycles. The van der Waals surface area contributed by atoms with E-state index in [-0.39, 0.29) is 6.61 Å². The number of benzene rings is 1. The van der Waals surface area contributed by atoms with Crippen molar-refractivity contribution in [2.24, 2.45) is 0 Å². The number of esters is 1. The van der Waals surface area contributed by atoms with Crippen LogP contribution in [0.1, 0.15) is 11.3 Å². The molecule has 1 amide bonds. The van der Waals surface area contributed by atoms with Gasteiger partial charge in [-0.3, -0.25) is 4.79 Å². The van der Waals surface area contributed by atoms with Crippen molar-refractivity contribution < 1.29 is 18.7 Å². The van der Waals surface area contributed by atoms with Crippen LogP contribution in [-0.4, -0.2) is 18.5 Å².